The average molecular weight is 325 g/mol. The zero-order chi connectivity index (χ0) is 16.5. The Hall–Kier alpha value is -2.77. The topological polar surface area (TPSA) is 102 Å². The standard InChI is InChI=1S/C16H19N7O/c1-9-4-3-7-17-12(9)8-10(2)18-13-14(19-11-5-6-11)21-16-15(20-13)22-24-23-16/h3-4,7,10-11H,5-6,8H2,1-2H3,(H,18,20,22)(H,19,21,23)/t10-/m1/s1. The molecule has 124 valence electrons. The van der Waals surface area contributed by atoms with Gasteiger partial charge in [-0.25, -0.2) is 14.6 Å². The van der Waals surface area contributed by atoms with Gasteiger partial charge in [-0.2, -0.15) is 0 Å². The largest absolute Gasteiger partial charge is 0.364 e. The van der Waals surface area contributed by atoms with Gasteiger partial charge < -0.3 is 10.6 Å². The lowest BCUT2D eigenvalue weighted by Gasteiger charge is -2.17. The number of rotatable bonds is 6. The second-order valence-electron chi connectivity index (χ2n) is 6.27. The fourth-order valence-corrected chi connectivity index (χ4v) is 2.57. The van der Waals surface area contributed by atoms with Crippen molar-refractivity contribution in [3.8, 4) is 0 Å². The predicted octanol–water partition coefficient (Wildman–Crippen LogP) is 2.33. The van der Waals surface area contributed by atoms with Crippen molar-refractivity contribution in [3.63, 3.8) is 0 Å². The highest BCUT2D eigenvalue weighted by atomic mass is 16.6. The summed E-state index contributed by atoms with van der Waals surface area (Å²) in [7, 11) is 0. The molecule has 1 atom stereocenters. The van der Waals surface area contributed by atoms with Crippen LogP contribution in [0.15, 0.2) is 23.0 Å². The minimum absolute atomic E-state index is 0.143. The van der Waals surface area contributed by atoms with Crippen molar-refractivity contribution in [2.24, 2.45) is 0 Å². The van der Waals surface area contributed by atoms with E-state index in [0.29, 0.717) is 29.0 Å². The van der Waals surface area contributed by atoms with Gasteiger partial charge in [0.15, 0.2) is 11.6 Å². The molecule has 0 bridgehead atoms. The molecule has 8 heteroatoms. The van der Waals surface area contributed by atoms with Crippen molar-refractivity contribution in [1.82, 2.24) is 25.3 Å². The first-order valence-electron chi connectivity index (χ1n) is 8.13. The molecule has 0 amide bonds. The Morgan fingerprint density at radius 1 is 1.21 bits per heavy atom. The Kier molecular flexibility index (Phi) is 3.72. The number of pyridine rings is 1. The molecule has 8 nitrogen and oxygen atoms in total. The van der Waals surface area contributed by atoms with Crippen molar-refractivity contribution in [2.45, 2.75) is 45.2 Å². The Labute approximate surface area is 139 Å². The lowest BCUT2D eigenvalue weighted by molar-refractivity contribution is 0.314. The lowest BCUT2D eigenvalue weighted by Crippen LogP contribution is -2.22. The van der Waals surface area contributed by atoms with E-state index < -0.39 is 0 Å². The number of aromatic nitrogens is 5. The van der Waals surface area contributed by atoms with E-state index in [1.54, 1.807) is 0 Å². The summed E-state index contributed by atoms with van der Waals surface area (Å²) in [6, 6.07) is 4.63. The minimum Gasteiger partial charge on any atom is -0.364 e. The molecular weight excluding hydrogens is 306 g/mol. The molecule has 0 spiro atoms. The van der Waals surface area contributed by atoms with E-state index >= 15 is 0 Å². The Bertz CT molecular complexity index is 859. The van der Waals surface area contributed by atoms with Crippen LogP contribution in [0.2, 0.25) is 0 Å². The third-order valence-electron chi connectivity index (χ3n) is 4.03. The number of nitrogens with one attached hydrogen (secondary N) is 2. The second-order valence-corrected chi connectivity index (χ2v) is 6.27. The van der Waals surface area contributed by atoms with E-state index in [-0.39, 0.29) is 6.04 Å². The fourth-order valence-electron chi connectivity index (χ4n) is 2.57. The van der Waals surface area contributed by atoms with Crippen LogP contribution >= 0.6 is 0 Å². The first kappa shape index (κ1) is 14.8. The lowest BCUT2D eigenvalue weighted by atomic mass is 10.1. The number of aryl methyl sites for hydroxylation is 1. The number of fused-ring (bicyclic) bond motifs is 1. The third kappa shape index (κ3) is 3.12. The Morgan fingerprint density at radius 3 is 2.67 bits per heavy atom. The van der Waals surface area contributed by atoms with E-state index in [1.165, 1.54) is 5.56 Å². The van der Waals surface area contributed by atoms with Crippen LogP contribution in [0.4, 0.5) is 11.6 Å². The van der Waals surface area contributed by atoms with Crippen LogP contribution in [0.25, 0.3) is 11.3 Å². The van der Waals surface area contributed by atoms with Gasteiger partial charge in [-0.15, -0.1) is 0 Å². The van der Waals surface area contributed by atoms with Gasteiger partial charge in [0.05, 0.1) is 0 Å². The Morgan fingerprint density at radius 2 is 1.96 bits per heavy atom. The van der Waals surface area contributed by atoms with Crippen molar-refractivity contribution in [1.29, 1.82) is 0 Å². The molecule has 0 unspecified atom stereocenters. The number of anilines is 2. The van der Waals surface area contributed by atoms with Crippen molar-refractivity contribution >= 4 is 22.9 Å². The summed E-state index contributed by atoms with van der Waals surface area (Å²) >= 11 is 0. The van der Waals surface area contributed by atoms with Crippen molar-refractivity contribution in [2.75, 3.05) is 10.6 Å². The van der Waals surface area contributed by atoms with E-state index in [2.05, 4.69) is 55.8 Å². The number of hydrogen-bond donors (Lipinski definition) is 2. The molecule has 1 saturated carbocycles. The number of hydrogen-bond acceptors (Lipinski definition) is 8. The average Bonchev–Trinajstić information content (AvgIpc) is 3.26. The van der Waals surface area contributed by atoms with Crippen LogP contribution in [0.5, 0.6) is 0 Å². The Balaban J connectivity index is 1.56. The summed E-state index contributed by atoms with van der Waals surface area (Å²) in [5.41, 5.74) is 3.08. The first-order valence-corrected chi connectivity index (χ1v) is 8.13. The smallest absolute Gasteiger partial charge is 0.245 e. The minimum atomic E-state index is 0.143. The zero-order valence-corrected chi connectivity index (χ0v) is 13.7. The van der Waals surface area contributed by atoms with E-state index in [1.807, 2.05) is 12.3 Å². The third-order valence-corrected chi connectivity index (χ3v) is 4.03. The monoisotopic (exact) mass is 325 g/mol. The van der Waals surface area contributed by atoms with Crippen LogP contribution in [-0.4, -0.2) is 37.3 Å². The van der Waals surface area contributed by atoms with Gasteiger partial charge in [0.2, 0.25) is 11.3 Å². The molecule has 1 fully saturated rings. The molecular formula is C16H19N7O. The molecule has 0 radical (unpaired) electrons. The molecule has 0 aromatic carbocycles. The highest BCUT2D eigenvalue weighted by molar-refractivity contribution is 5.73. The van der Waals surface area contributed by atoms with Crippen LogP contribution in [0, 0.1) is 6.92 Å². The van der Waals surface area contributed by atoms with Crippen molar-refractivity contribution < 1.29 is 4.63 Å². The van der Waals surface area contributed by atoms with Gasteiger partial charge in [0.1, 0.15) is 0 Å². The summed E-state index contributed by atoms with van der Waals surface area (Å²) in [6.07, 6.45) is 4.92. The molecule has 24 heavy (non-hydrogen) atoms. The maximum atomic E-state index is 4.72. The molecule has 3 aromatic rings. The molecule has 0 aliphatic heterocycles. The quantitative estimate of drug-likeness (QED) is 0.712. The highest BCUT2D eigenvalue weighted by Gasteiger charge is 2.24. The summed E-state index contributed by atoms with van der Waals surface area (Å²) < 4.78 is 4.72. The van der Waals surface area contributed by atoms with Crippen LogP contribution in [0.3, 0.4) is 0 Å². The van der Waals surface area contributed by atoms with Gasteiger partial charge in [0, 0.05) is 30.4 Å². The molecule has 1 aliphatic carbocycles. The summed E-state index contributed by atoms with van der Waals surface area (Å²) in [4.78, 5) is 13.4. The summed E-state index contributed by atoms with van der Waals surface area (Å²) in [5.74, 6) is 1.37. The molecule has 4 rings (SSSR count). The van der Waals surface area contributed by atoms with Gasteiger partial charge in [0.25, 0.3) is 0 Å². The predicted molar refractivity (Wildman–Crippen MR) is 89.8 cm³/mol. The van der Waals surface area contributed by atoms with Crippen molar-refractivity contribution in [3.05, 3.63) is 29.6 Å². The van der Waals surface area contributed by atoms with Crippen LogP contribution < -0.4 is 10.6 Å². The maximum absolute atomic E-state index is 4.72. The SMILES string of the molecule is Cc1cccnc1C[C@@H](C)Nc1nc2nonc2nc1NC1CC1. The highest BCUT2D eigenvalue weighted by Crippen LogP contribution is 2.28. The van der Waals surface area contributed by atoms with Crippen LogP contribution in [-0.2, 0) is 6.42 Å². The van der Waals surface area contributed by atoms with E-state index in [0.717, 1.165) is 25.0 Å². The van der Waals surface area contributed by atoms with E-state index in [9.17, 15) is 0 Å². The van der Waals surface area contributed by atoms with Gasteiger partial charge in [-0.3, -0.25) is 4.98 Å². The van der Waals surface area contributed by atoms with Gasteiger partial charge in [-0.1, -0.05) is 6.07 Å². The molecule has 3 heterocycles. The summed E-state index contributed by atoms with van der Waals surface area (Å²) in [6.45, 7) is 4.17. The molecule has 0 saturated heterocycles. The van der Waals surface area contributed by atoms with E-state index in [4.69, 9.17) is 4.63 Å². The fraction of sp³-hybridized carbons (Fsp3) is 0.438. The second kappa shape index (κ2) is 6.03. The molecule has 1 aliphatic rings. The summed E-state index contributed by atoms with van der Waals surface area (Å²) in [5, 5.41) is 14.4. The molecule has 3 aromatic heterocycles. The number of nitrogens with zero attached hydrogens (tertiary/aromatic N) is 5. The van der Waals surface area contributed by atoms with Gasteiger partial charge >= 0.3 is 0 Å². The first-order chi connectivity index (χ1) is 11.7. The normalized spacial score (nSPS) is 15.4. The zero-order valence-electron chi connectivity index (χ0n) is 13.7. The molecule has 2 N–H and O–H groups in total. The maximum Gasteiger partial charge on any atom is 0.245 e. The van der Waals surface area contributed by atoms with Gasteiger partial charge in [-0.05, 0) is 48.6 Å². The van der Waals surface area contributed by atoms with Crippen LogP contribution in [0.1, 0.15) is 31.0 Å².